The minimum Gasteiger partial charge on any atom is -0.492 e. The number of urea groups is 1. The summed E-state index contributed by atoms with van der Waals surface area (Å²) in [5.74, 6) is 1.20. The van der Waals surface area contributed by atoms with E-state index in [2.05, 4.69) is 4.98 Å². The first kappa shape index (κ1) is 13.2. The lowest BCUT2D eigenvalue weighted by atomic mass is 10.0. The quantitative estimate of drug-likeness (QED) is 0.821. The number of hydrogen-bond donors (Lipinski definition) is 0. The molecule has 0 bridgehead atoms. The number of hydrogen-bond acceptors (Lipinski definition) is 4. The Morgan fingerprint density at radius 1 is 1.35 bits per heavy atom. The molecule has 0 atom stereocenters. The highest BCUT2D eigenvalue weighted by atomic mass is 16.5. The van der Waals surface area contributed by atoms with Crippen molar-refractivity contribution in [3.8, 4) is 5.75 Å². The average molecular weight is 277 g/mol. The Kier molecular flexibility index (Phi) is 4.01. The van der Waals surface area contributed by atoms with Crippen LogP contribution in [0.3, 0.4) is 0 Å². The molecule has 1 aromatic rings. The molecule has 0 radical (unpaired) electrons. The molecule has 1 aromatic heterocycles. The van der Waals surface area contributed by atoms with Gasteiger partial charge in [-0.1, -0.05) is 0 Å². The van der Waals surface area contributed by atoms with Crippen LogP contribution < -0.4 is 4.74 Å². The van der Waals surface area contributed by atoms with Crippen LogP contribution in [0.5, 0.6) is 5.75 Å². The fourth-order valence-corrected chi connectivity index (χ4v) is 2.43. The summed E-state index contributed by atoms with van der Waals surface area (Å²) in [6.45, 7) is 4.88. The lowest BCUT2D eigenvalue weighted by molar-refractivity contribution is 0.0224. The van der Waals surface area contributed by atoms with E-state index in [1.807, 2.05) is 21.9 Å². The molecule has 2 saturated heterocycles. The number of carbonyl (C=O) groups excluding carboxylic acids is 1. The van der Waals surface area contributed by atoms with Crippen LogP contribution in [0.4, 0.5) is 4.79 Å². The van der Waals surface area contributed by atoms with Gasteiger partial charge in [0.15, 0.2) is 0 Å². The summed E-state index contributed by atoms with van der Waals surface area (Å²) < 4.78 is 10.9. The van der Waals surface area contributed by atoms with Gasteiger partial charge >= 0.3 is 6.03 Å². The number of morpholine rings is 1. The molecule has 2 aliphatic rings. The highest BCUT2D eigenvalue weighted by molar-refractivity contribution is 5.75. The van der Waals surface area contributed by atoms with E-state index in [9.17, 15) is 4.79 Å². The standard InChI is InChI=1S/C14H19N3O3/c18-14(16-4-6-19-7-5-16)17-9-12(10-17)11-20-13-2-1-3-15-8-13/h1-3,8,12H,4-7,9-11H2. The third-order valence-electron chi connectivity index (χ3n) is 3.63. The fourth-order valence-electron chi connectivity index (χ4n) is 2.43. The van der Waals surface area contributed by atoms with Crippen LogP contribution in [0.2, 0.25) is 0 Å². The highest BCUT2D eigenvalue weighted by Gasteiger charge is 2.34. The Morgan fingerprint density at radius 3 is 2.85 bits per heavy atom. The summed E-state index contributed by atoms with van der Waals surface area (Å²) in [4.78, 5) is 19.9. The van der Waals surface area contributed by atoms with Gasteiger partial charge in [-0.15, -0.1) is 0 Å². The molecule has 6 heteroatoms. The van der Waals surface area contributed by atoms with Crippen molar-refractivity contribution in [1.29, 1.82) is 0 Å². The van der Waals surface area contributed by atoms with E-state index < -0.39 is 0 Å². The maximum Gasteiger partial charge on any atom is 0.320 e. The van der Waals surface area contributed by atoms with Crippen molar-refractivity contribution in [2.24, 2.45) is 5.92 Å². The molecular weight excluding hydrogens is 258 g/mol. The van der Waals surface area contributed by atoms with E-state index in [-0.39, 0.29) is 6.03 Å². The van der Waals surface area contributed by atoms with Crippen molar-refractivity contribution in [2.75, 3.05) is 46.0 Å². The first-order valence-corrected chi connectivity index (χ1v) is 6.97. The van der Waals surface area contributed by atoms with Gasteiger partial charge in [0, 0.05) is 38.3 Å². The molecule has 6 nitrogen and oxygen atoms in total. The smallest absolute Gasteiger partial charge is 0.320 e. The zero-order valence-electron chi connectivity index (χ0n) is 11.4. The number of amides is 2. The molecule has 20 heavy (non-hydrogen) atoms. The van der Waals surface area contributed by atoms with Crippen LogP contribution in [-0.4, -0.2) is 66.8 Å². The molecule has 108 valence electrons. The van der Waals surface area contributed by atoms with E-state index in [1.54, 1.807) is 12.4 Å². The van der Waals surface area contributed by atoms with E-state index >= 15 is 0 Å². The van der Waals surface area contributed by atoms with Crippen molar-refractivity contribution < 1.29 is 14.3 Å². The maximum absolute atomic E-state index is 12.1. The number of likely N-dealkylation sites (tertiary alicyclic amines) is 1. The van der Waals surface area contributed by atoms with Gasteiger partial charge in [-0.3, -0.25) is 4.98 Å². The monoisotopic (exact) mass is 277 g/mol. The highest BCUT2D eigenvalue weighted by Crippen LogP contribution is 2.19. The summed E-state index contributed by atoms with van der Waals surface area (Å²) in [6.07, 6.45) is 3.42. The Bertz CT molecular complexity index is 442. The van der Waals surface area contributed by atoms with Gasteiger partial charge in [-0.05, 0) is 12.1 Å². The van der Waals surface area contributed by atoms with Crippen molar-refractivity contribution in [3.05, 3.63) is 24.5 Å². The number of rotatable bonds is 3. The Labute approximate surface area is 118 Å². The third kappa shape index (κ3) is 3.01. The minimum atomic E-state index is 0.130. The van der Waals surface area contributed by atoms with Gasteiger partial charge in [0.05, 0.1) is 26.0 Å². The van der Waals surface area contributed by atoms with Crippen LogP contribution in [-0.2, 0) is 4.74 Å². The topological polar surface area (TPSA) is 54.9 Å². The second-order valence-electron chi connectivity index (χ2n) is 5.15. The molecule has 0 saturated carbocycles. The molecule has 3 heterocycles. The summed E-state index contributed by atoms with van der Waals surface area (Å²) in [5.41, 5.74) is 0. The lowest BCUT2D eigenvalue weighted by Crippen LogP contribution is -2.57. The molecule has 0 unspecified atom stereocenters. The first-order chi connectivity index (χ1) is 9.83. The molecule has 2 amide bonds. The Balaban J connectivity index is 1.39. The van der Waals surface area contributed by atoms with E-state index in [0.29, 0.717) is 38.8 Å². The number of nitrogens with zero attached hydrogens (tertiary/aromatic N) is 3. The van der Waals surface area contributed by atoms with Crippen LogP contribution in [0.1, 0.15) is 0 Å². The van der Waals surface area contributed by atoms with Crippen LogP contribution in [0.15, 0.2) is 24.5 Å². The minimum absolute atomic E-state index is 0.130. The van der Waals surface area contributed by atoms with Crippen LogP contribution in [0.25, 0.3) is 0 Å². The summed E-state index contributed by atoms with van der Waals surface area (Å²) in [6, 6.07) is 3.87. The average Bonchev–Trinajstić information content (AvgIpc) is 2.47. The molecule has 0 aromatic carbocycles. The number of carbonyl (C=O) groups is 1. The molecule has 0 N–H and O–H groups in total. The Hall–Kier alpha value is -1.82. The zero-order chi connectivity index (χ0) is 13.8. The molecule has 0 aliphatic carbocycles. The van der Waals surface area contributed by atoms with Crippen molar-refractivity contribution >= 4 is 6.03 Å². The number of pyridine rings is 1. The van der Waals surface area contributed by atoms with Crippen LogP contribution >= 0.6 is 0 Å². The van der Waals surface area contributed by atoms with Gasteiger partial charge in [0.25, 0.3) is 0 Å². The maximum atomic E-state index is 12.1. The van der Waals surface area contributed by atoms with Gasteiger partial charge in [0.2, 0.25) is 0 Å². The largest absolute Gasteiger partial charge is 0.492 e. The normalized spacial score (nSPS) is 19.6. The van der Waals surface area contributed by atoms with Crippen molar-refractivity contribution in [1.82, 2.24) is 14.8 Å². The predicted octanol–water partition coefficient (Wildman–Crippen LogP) is 0.844. The van der Waals surface area contributed by atoms with E-state index in [0.717, 1.165) is 18.8 Å². The third-order valence-corrected chi connectivity index (χ3v) is 3.63. The fraction of sp³-hybridized carbons (Fsp3) is 0.571. The van der Waals surface area contributed by atoms with E-state index in [1.165, 1.54) is 0 Å². The molecule has 2 fully saturated rings. The molecule has 3 rings (SSSR count). The molecular formula is C14H19N3O3. The van der Waals surface area contributed by atoms with Crippen molar-refractivity contribution in [3.63, 3.8) is 0 Å². The molecule has 0 spiro atoms. The first-order valence-electron chi connectivity index (χ1n) is 6.97. The predicted molar refractivity (Wildman–Crippen MR) is 72.6 cm³/mol. The second kappa shape index (κ2) is 6.09. The van der Waals surface area contributed by atoms with Gasteiger partial charge in [0.1, 0.15) is 5.75 Å². The number of aromatic nitrogens is 1. The van der Waals surface area contributed by atoms with E-state index in [4.69, 9.17) is 9.47 Å². The van der Waals surface area contributed by atoms with Gasteiger partial charge in [-0.25, -0.2) is 4.79 Å². The van der Waals surface area contributed by atoms with Crippen LogP contribution in [0, 0.1) is 5.92 Å². The summed E-state index contributed by atoms with van der Waals surface area (Å²) in [7, 11) is 0. The number of ether oxygens (including phenoxy) is 2. The summed E-state index contributed by atoms with van der Waals surface area (Å²) in [5, 5.41) is 0. The zero-order valence-corrected chi connectivity index (χ0v) is 11.4. The SMILES string of the molecule is O=C(N1CCOCC1)N1CC(COc2cccnc2)C1. The lowest BCUT2D eigenvalue weighted by Gasteiger charge is -2.42. The Morgan fingerprint density at radius 2 is 2.15 bits per heavy atom. The second-order valence-corrected chi connectivity index (χ2v) is 5.15. The van der Waals surface area contributed by atoms with Crippen molar-refractivity contribution in [2.45, 2.75) is 0 Å². The van der Waals surface area contributed by atoms with Gasteiger partial charge < -0.3 is 19.3 Å². The summed E-state index contributed by atoms with van der Waals surface area (Å²) >= 11 is 0. The molecule has 2 aliphatic heterocycles. The van der Waals surface area contributed by atoms with Gasteiger partial charge in [-0.2, -0.15) is 0 Å².